The number of para-hydroxylation sites is 1. The van der Waals surface area contributed by atoms with Crippen molar-refractivity contribution in [3.63, 3.8) is 0 Å². The first-order valence-corrected chi connectivity index (χ1v) is 11.8. The molecule has 0 radical (unpaired) electrons. The smallest absolute Gasteiger partial charge is 0.293 e. The Balaban J connectivity index is 1.51. The minimum absolute atomic E-state index is 0.0578. The first kappa shape index (κ1) is 22.1. The third-order valence-corrected chi connectivity index (χ3v) is 7.59. The van der Waals surface area contributed by atoms with E-state index >= 15 is 0 Å². The van der Waals surface area contributed by atoms with E-state index in [-0.39, 0.29) is 10.6 Å². The minimum atomic E-state index is -3.78. The highest BCUT2D eigenvalue weighted by Gasteiger charge is 2.29. The van der Waals surface area contributed by atoms with E-state index in [1.807, 2.05) is 42.3 Å². The molecular formula is C22H25N5O4S. The lowest BCUT2D eigenvalue weighted by Gasteiger charge is -2.31. The molecule has 0 amide bonds. The van der Waals surface area contributed by atoms with Gasteiger partial charge in [0, 0.05) is 50.4 Å². The van der Waals surface area contributed by atoms with Crippen LogP contribution in [0.1, 0.15) is 5.56 Å². The zero-order valence-corrected chi connectivity index (χ0v) is 18.6. The summed E-state index contributed by atoms with van der Waals surface area (Å²) in [7, 11) is -1.85. The first-order valence-electron chi connectivity index (χ1n) is 10.4. The van der Waals surface area contributed by atoms with Crippen LogP contribution in [0.25, 0.3) is 10.9 Å². The monoisotopic (exact) mass is 455 g/mol. The van der Waals surface area contributed by atoms with Crippen molar-refractivity contribution in [3.05, 3.63) is 70.4 Å². The van der Waals surface area contributed by atoms with Crippen LogP contribution in [0.4, 0.5) is 11.4 Å². The van der Waals surface area contributed by atoms with E-state index in [1.54, 1.807) is 6.20 Å². The zero-order valence-electron chi connectivity index (χ0n) is 17.8. The Morgan fingerprint density at radius 1 is 1.09 bits per heavy atom. The van der Waals surface area contributed by atoms with Gasteiger partial charge >= 0.3 is 0 Å². The number of nitro groups is 1. The van der Waals surface area contributed by atoms with Gasteiger partial charge in [0.25, 0.3) is 5.69 Å². The van der Waals surface area contributed by atoms with E-state index in [9.17, 15) is 18.5 Å². The summed E-state index contributed by atoms with van der Waals surface area (Å²) in [6, 6.07) is 13.9. The quantitative estimate of drug-likeness (QED) is 0.431. The van der Waals surface area contributed by atoms with E-state index in [4.69, 9.17) is 0 Å². The zero-order chi connectivity index (χ0) is 22.7. The number of benzene rings is 2. The van der Waals surface area contributed by atoms with Crippen molar-refractivity contribution in [2.24, 2.45) is 0 Å². The fraction of sp³-hybridized carbons (Fsp3) is 0.318. The van der Waals surface area contributed by atoms with Gasteiger partial charge < -0.3 is 10.2 Å². The van der Waals surface area contributed by atoms with Crippen LogP contribution in [0.3, 0.4) is 0 Å². The number of piperazine rings is 1. The Bertz CT molecular complexity index is 1230. The van der Waals surface area contributed by atoms with Gasteiger partial charge in [0.05, 0.1) is 15.3 Å². The maximum Gasteiger partial charge on any atom is 0.293 e. The molecule has 0 aliphatic carbocycles. The summed E-state index contributed by atoms with van der Waals surface area (Å²) in [6.45, 7) is 2.44. The van der Waals surface area contributed by atoms with Crippen LogP contribution in [-0.4, -0.2) is 67.3 Å². The Morgan fingerprint density at radius 2 is 1.84 bits per heavy atom. The number of fused-ring (bicyclic) bond motifs is 1. The molecule has 32 heavy (non-hydrogen) atoms. The molecule has 3 aromatic rings. The van der Waals surface area contributed by atoms with E-state index in [0.717, 1.165) is 22.5 Å². The number of rotatable bonds is 7. The molecule has 1 N–H and O–H groups in total. The van der Waals surface area contributed by atoms with E-state index in [2.05, 4.69) is 10.3 Å². The van der Waals surface area contributed by atoms with Gasteiger partial charge in [0.15, 0.2) is 0 Å². The molecule has 1 fully saturated rings. The Kier molecular flexibility index (Phi) is 6.35. The second-order valence-electron chi connectivity index (χ2n) is 7.81. The number of sulfonamides is 1. The topological polar surface area (TPSA) is 109 Å². The number of nitrogens with zero attached hydrogens (tertiary/aromatic N) is 4. The maximum absolute atomic E-state index is 13.0. The number of nitrogens with one attached hydrogen (secondary N) is 1. The molecule has 4 rings (SSSR count). The number of nitro benzene ring substituents is 1. The number of pyridine rings is 1. The molecule has 2 heterocycles. The fourth-order valence-electron chi connectivity index (χ4n) is 3.85. The molecule has 0 atom stereocenters. The SMILES string of the molecule is CN1CCN(S(=O)(=O)c2ccc(NCCc3cccc4cccnc34)c([N+](=O)[O-])c2)CC1. The number of likely N-dealkylation sites (N-methyl/N-ethyl adjacent to an activating group) is 1. The highest BCUT2D eigenvalue weighted by atomic mass is 32.2. The average molecular weight is 456 g/mol. The van der Waals surface area contributed by atoms with Crippen LogP contribution >= 0.6 is 0 Å². The summed E-state index contributed by atoms with van der Waals surface area (Å²) in [5, 5.41) is 15.8. The minimum Gasteiger partial charge on any atom is -0.379 e. The molecule has 9 nitrogen and oxygen atoms in total. The second kappa shape index (κ2) is 9.19. The molecule has 2 aromatic carbocycles. The van der Waals surface area contributed by atoms with Crippen LogP contribution in [-0.2, 0) is 16.4 Å². The number of hydrogen-bond acceptors (Lipinski definition) is 7. The van der Waals surface area contributed by atoms with Gasteiger partial charge in [-0.05, 0) is 37.2 Å². The number of anilines is 1. The van der Waals surface area contributed by atoms with Gasteiger partial charge in [-0.3, -0.25) is 15.1 Å². The summed E-state index contributed by atoms with van der Waals surface area (Å²) in [5.74, 6) is 0. The van der Waals surface area contributed by atoms with Crippen LogP contribution in [0.5, 0.6) is 0 Å². The number of hydrogen-bond donors (Lipinski definition) is 1. The summed E-state index contributed by atoms with van der Waals surface area (Å²) in [5.41, 5.74) is 1.98. The van der Waals surface area contributed by atoms with Crippen molar-refractivity contribution in [1.82, 2.24) is 14.2 Å². The maximum atomic E-state index is 13.0. The van der Waals surface area contributed by atoms with Crippen LogP contribution in [0.2, 0.25) is 0 Å². The second-order valence-corrected chi connectivity index (χ2v) is 9.75. The fourth-order valence-corrected chi connectivity index (χ4v) is 5.29. The summed E-state index contributed by atoms with van der Waals surface area (Å²) in [6.07, 6.45) is 2.36. The molecular weight excluding hydrogens is 430 g/mol. The average Bonchev–Trinajstić information content (AvgIpc) is 2.79. The van der Waals surface area contributed by atoms with E-state index in [1.165, 1.54) is 16.4 Å². The van der Waals surface area contributed by atoms with E-state index in [0.29, 0.717) is 44.8 Å². The molecule has 168 valence electrons. The van der Waals surface area contributed by atoms with Gasteiger partial charge in [0.2, 0.25) is 10.0 Å². The molecule has 0 bridgehead atoms. The highest BCUT2D eigenvalue weighted by molar-refractivity contribution is 7.89. The lowest BCUT2D eigenvalue weighted by atomic mass is 10.1. The standard InChI is InChI=1S/C22H25N5O4S/c1-25-12-14-26(15-13-25)32(30,31)19-7-8-20(21(16-19)27(28)29)23-11-9-18-5-2-4-17-6-3-10-24-22(17)18/h2-8,10,16,23H,9,11-15H2,1H3. The van der Waals surface area contributed by atoms with Crippen LogP contribution < -0.4 is 5.32 Å². The lowest BCUT2D eigenvalue weighted by molar-refractivity contribution is -0.384. The Hall–Kier alpha value is -3.08. The molecule has 0 spiro atoms. The molecule has 1 aliphatic rings. The largest absolute Gasteiger partial charge is 0.379 e. The van der Waals surface area contributed by atoms with Crippen molar-refractivity contribution in [2.45, 2.75) is 11.3 Å². The van der Waals surface area contributed by atoms with Crippen molar-refractivity contribution in [2.75, 3.05) is 45.1 Å². The van der Waals surface area contributed by atoms with Crippen LogP contribution in [0.15, 0.2) is 59.6 Å². The van der Waals surface area contributed by atoms with Gasteiger partial charge in [0.1, 0.15) is 5.69 Å². The van der Waals surface area contributed by atoms with Gasteiger partial charge in [-0.25, -0.2) is 8.42 Å². The van der Waals surface area contributed by atoms with Gasteiger partial charge in [-0.15, -0.1) is 0 Å². The summed E-state index contributed by atoms with van der Waals surface area (Å²) < 4.78 is 27.3. The number of aromatic nitrogens is 1. The van der Waals surface area contributed by atoms with Gasteiger partial charge in [-0.1, -0.05) is 24.3 Å². The Labute approximate surface area is 186 Å². The van der Waals surface area contributed by atoms with Crippen LogP contribution in [0, 0.1) is 10.1 Å². The predicted octanol–water partition coefficient (Wildman–Crippen LogP) is 2.73. The lowest BCUT2D eigenvalue weighted by Crippen LogP contribution is -2.47. The van der Waals surface area contributed by atoms with Gasteiger partial charge in [-0.2, -0.15) is 4.31 Å². The van der Waals surface area contributed by atoms with Crippen molar-refractivity contribution < 1.29 is 13.3 Å². The Morgan fingerprint density at radius 3 is 2.59 bits per heavy atom. The van der Waals surface area contributed by atoms with Crippen molar-refractivity contribution in [1.29, 1.82) is 0 Å². The third kappa shape index (κ3) is 4.57. The summed E-state index contributed by atoms with van der Waals surface area (Å²) in [4.78, 5) is 17.5. The molecule has 1 aliphatic heterocycles. The molecule has 1 saturated heterocycles. The predicted molar refractivity (Wildman–Crippen MR) is 123 cm³/mol. The van der Waals surface area contributed by atoms with Crippen molar-refractivity contribution >= 4 is 32.3 Å². The molecule has 10 heteroatoms. The molecule has 1 aromatic heterocycles. The molecule has 0 saturated carbocycles. The molecule has 0 unspecified atom stereocenters. The summed E-state index contributed by atoms with van der Waals surface area (Å²) >= 11 is 0. The third-order valence-electron chi connectivity index (χ3n) is 5.69. The highest BCUT2D eigenvalue weighted by Crippen LogP contribution is 2.29. The first-order chi connectivity index (χ1) is 15.4. The van der Waals surface area contributed by atoms with Crippen molar-refractivity contribution in [3.8, 4) is 0 Å². The van der Waals surface area contributed by atoms with E-state index < -0.39 is 14.9 Å². The normalized spacial score (nSPS) is 15.7.